The number of fused-ring (bicyclic) bond motifs is 6. The molecule has 3 heterocycles. The van der Waals surface area contributed by atoms with Gasteiger partial charge in [0.15, 0.2) is 11.6 Å². The van der Waals surface area contributed by atoms with Crippen molar-refractivity contribution in [2.75, 3.05) is 0 Å². The molecule has 0 radical (unpaired) electrons. The maximum absolute atomic E-state index is 5.64. The van der Waals surface area contributed by atoms with E-state index in [1.807, 2.05) is 6.07 Å². The summed E-state index contributed by atoms with van der Waals surface area (Å²) < 4.78 is 4.70. The first-order valence-electron chi connectivity index (χ1n) is 28.8. The normalized spacial score (nSPS) is 13.1. The van der Waals surface area contributed by atoms with Crippen LogP contribution in [-0.2, 0) is 32.5 Å². The second-order valence-electron chi connectivity index (χ2n) is 28.9. The van der Waals surface area contributed by atoms with Crippen LogP contribution in [0.2, 0.25) is 0 Å². The van der Waals surface area contributed by atoms with E-state index in [1.165, 1.54) is 66.4 Å². The van der Waals surface area contributed by atoms with Gasteiger partial charge in [-0.15, -0.1) is 0 Å². The molecular weight excluding hydrogens is 971 g/mol. The first-order chi connectivity index (χ1) is 37.4. The van der Waals surface area contributed by atoms with Crippen LogP contribution in [0.4, 0.5) is 0 Å². The van der Waals surface area contributed by atoms with Crippen LogP contribution in [0.25, 0.3) is 100 Å². The zero-order chi connectivity index (χ0) is 57.2. The van der Waals surface area contributed by atoms with Gasteiger partial charge in [0, 0.05) is 32.7 Å². The van der Waals surface area contributed by atoms with E-state index < -0.39 is 0 Å². The van der Waals surface area contributed by atoms with Gasteiger partial charge in [-0.05, 0) is 149 Å². The third-order valence-corrected chi connectivity index (χ3v) is 16.5. The Labute approximate surface area is 476 Å². The number of hydrogen-bond acceptors (Lipinski definition) is 3. The predicted molar refractivity (Wildman–Crippen MR) is 342 cm³/mol. The Bertz CT molecular complexity index is 3950. The molecule has 406 valence electrons. The van der Waals surface area contributed by atoms with E-state index in [4.69, 9.17) is 15.0 Å². The lowest BCUT2D eigenvalue weighted by atomic mass is 9.78. The zero-order valence-corrected chi connectivity index (χ0v) is 50.8. The van der Waals surface area contributed by atoms with Crippen molar-refractivity contribution in [1.82, 2.24) is 24.1 Å². The molecule has 3 aromatic heterocycles. The van der Waals surface area contributed by atoms with Gasteiger partial charge in [-0.25, -0.2) is 4.98 Å². The molecule has 0 bridgehead atoms. The number of nitrogens with zero attached hydrogens (tertiary/aromatic N) is 5. The maximum Gasteiger partial charge on any atom is 0.238 e. The highest BCUT2D eigenvalue weighted by molar-refractivity contribution is 6.12. The molecule has 0 aliphatic heterocycles. The average molecular weight is 1050 g/mol. The second-order valence-corrected chi connectivity index (χ2v) is 28.9. The smallest absolute Gasteiger partial charge is 0.238 e. The summed E-state index contributed by atoms with van der Waals surface area (Å²) in [4.78, 5) is 16.6. The van der Waals surface area contributed by atoms with Crippen molar-refractivity contribution in [3.63, 3.8) is 0 Å². The summed E-state index contributed by atoms with van der Waals surface area (Å²) in [5.41, 5.74) is 19.7. The van der Waals surface area contributed by atoms with E-state index in [0.29, 0.717) is 17.6 Å². The van der Waals surface area contributed by atoms with E-state index in [0.717, 1.165) is 49.7 Å². The van der Waals surface area contributed by atoms with Crippen LogP contribution < -0.4 is 0 Å². The minimum atomic E-state index is -0.0306. The standard InChI is InChI=1S/C75H81N5/c1-70(2,3)51-30-34-63-60(44-51)61-45-52(71(4,5)6)31-35-64(61)79(63)62-27-23-22-26-57(62)68-76-67(46-24-20-19-21-25-46)77-69(78-68)80-65-32-28-47(49-36-53(72(7,8)9)42-54(37-49)73(10,11)12)40-58(65)59-41-48(29-33-66(59)80)50-38-55(74(13,14)15)43-56(39-50)75(16,17)18/h19-45H,1-18H3. The number of aromatic nitrogens is 5. The van der Waals surface area contributed by atoms with Gasteiger partial charge < -0.3 is 4.57 Å². The molecule has 80 heavy (non-hydrogen) atoms. The molecule has 5 nitrogen and oxygen atoms in total. The van der Waals surface area contributed by atoms with Crippen LogP contribution in [0.15, 0.2) is 164 Å². The quantitative estimate of drug-likeness (QED) is 0.167. The van der Waals surface area contributed by atoms with Gasteiger partial charge in [-0.3, -0.25) is 4.57 Å². The highest BCUT2D eigenvalue weighted by Gasteiger charge is 2.27. The SMILES string of the molecule is CC(C)(C)c1cc(-c2ccc3c(c2)c2cc(-c4cc(C(C)(C)C)cc(C(C)(C)C)c4)ccc2n3-c2nc(-c3ccccc3)nc(-c3ccccc3-n3c4ccc(C(C)(C)C)cc4c4cc(C(C)(C)C)ccc43)n2)cc(C(C)(C)C)c1. The average Bonchev–Trinajstić information content (AvgIpc) is 4.16. The molecule has 0 aliphatic rings. The van der Waals surface area contributed by atoms with Gasteiger partial charge >= 0.3 is 0 Å². The van der Waals surface area contributed by atoms with E-state index >= 15 is 0 Å². The largest absolute Gasteiger partial charge is 0.309 e. The van der Waals surface area contributed by atoms with Crippen molar-refractivity contribution < 1.29 is 0 Å². The summed E-state index contributed by atoms with van der Waals surface area (Å²) in [6.07, 6.45) is 0. The van der Waals surface area contributed by atoms with Crippen LogP contribution in [0.1, 0.15) is 158 Å². The van der Waals surface area contributed by atoms with Crippen molar-refractivity contribution in [3.05, 3.63) is 197 Å². The van der Waals surface area contributed by atoms with Gasteiger partial charge in [-0.1, -0.05) is 228 Å². The summed E-state index contributed by atoms with van der Waals surface area (Å²) >= 11 is 0. The first-order valence-corrected chi connectivity index (χ1v) is 28.8. The number of hydrogen-bond donors (Lipinski definition) is 0. The summed E-state index contributed by atoms with van der Waals surface area (Å²) in [5.74, 6) is 1.77. The first kappa shape index (κ1) is 54.3. The summed E-state index contributed by atoms with van der Waals surface area (Å²) in [6, 6.07) is 61.5. The topological polar surface area (TPSA) is 48.5 Å². The third kappa shape index (κ3) is 10.1. The fraction of sp³-hybridized carbons (Fsp3) is 0.320. The Morgan fingerprint density at radius 2 is 0.625 bits per heavy atom. The Kier molecular flexibility index (Phi) is 12.9. The minimum Gasteiger partial charge on any atom is -0.309 e. The van der Waals surface area contributed by atoms with Gasteiger partial charge in [0.05, 0.1) is 27.8 Å². The van der Waals surface area contributed by atoms with Gasteiger partial charge in [0.1, 0.15) is 0 Å². The Balaban J connectivity index is 1.20. The summed E-state index contributed by atoms with van der Waals surface area (Å²) in [5, 5.41) is 4.74. The lowest BCUT2D eigenvalue weighted by molar-refractivity contribution is 0.568. The summed E-state index contributed by atoms with van der Waals surface area (Å²) in [7, 11) is 0. The molecule has 11 aromatic rings. The molecular formula is C75H81N5. The lowest BCUT2D eigenvalue weighted by Gasteiger charge is -2.26. The molecule has 8 aromatic carbocycles. The van der Waals surface area contributed by atoms with Crippen molar-refractivity contribution >= 4 is 43.6 Å². The van der Waals surface area contributed by atoms with Crippen molar-refractivity contribution in [2.45, 2.75) is 157 Å². The highest BCUT2D eigenvalue weighted by atomic mass is 15.2. The van der Waals surface area contributed by atoms with E-state index in [-0.39, 0.29) is 32.5 Å². The molecule has 0 spiro atoms. The fourth-order valence-electron chi connectivity index (χ4n) is 11.3. The molecule has 0 N–H and O–H groups in total. The second kappa shape index (κ2) is 19.0. The van der Waals surface area contributed by atoms with E-state index in [1.54, 1.807) is 0 Å². The number of benzene rings is 8. The Morgan fingerprint density at radius 1 is 0.263 bits per heavy atom. The van der Waals surface area contributed by atoms with Crippen LogP contribution in [-0.4, -0.2) is 24.1 Å². The molecule has 0 atom stereocenters. The van der Waals surface area contributed by atoms with Gasteiger partial charge in [-0.2, -0.15) is 9.97 Å². The van der Waals surface area contributed by atoms with E-state index in [9.17, 15) is 0 Å². The monoisotopic (exact) mass is 1050 g/mol. The molecule has 0 amide bonds. The highest BCUT2D eigenvalue weighted by Crippen LogP contribution is 2.43. The van der Waals surface area contributed by atoms with Crippen LogP contribution >= 0.6 is 0 Å². The molecule has 0 unspecified atom stereocenters. The zero-order valence-electron chi connectivity index (χ0n) is 50.8. The number of rotatable bonds is 6. The van der Waals surface area contributed by atoms with Crippen molar-refractivity contribution in [3.8, 4) is 56.7 Å². The molecule has 5 heteroatoms. The van der Waals surface area contributed by atoms with Crippen LogP contribution in [0.3, 0.4) is 0 Å². The van der Waals surface area contributed by atoms with Gasteiger partial charge in [0.25, 0.3) is 0 Å². The van der Waals surface area contributed by atoms with E-state index in [2.05, 4.69) is 291 Å². The molecule has 0 fully saturated rings. The molecule has 0 saturated carbocycles. The molecule has 0 saturated heterocycles. The van der Waals surface area contributed by atoms with Crippen molar-refractivity contribution in [1.29, 1.82) is 0 Å². The lowest BCUT2D eigenvalue weighted by Crippen LogP contribution is -2.16. The third-order valence-electron chi connectivity index (χ3n) is 16.5. The van der Waals surface area contributed by atoms with Gasteiger partial charge in [0.2, 0.25) is 5.95 Å². The Morgan fingerprint density at radius 3 is 1.05 bits per heavy atom. The van der Waals surface area contributed by atoms with Crippen molar-refractivity contribution in [2.24, 2.45) is 0 Å². The number of para-hydroxylation sites is 1. The minimum absolute atomic E-state index is 0.0204. The Hall–Kier alpha value is -7.63. The molecule has 11 rings (SSSR count). The fourth-order valence-corrected chi connectivity index (χ4v) is 11.3. The molecule has 0 aliphatic carbocycles. The van der Waals surface area contributed by atoms with Crippen LogP contribution in [0.5, 0.6) is 0 Å². The van der Waals surface area contributed by atoms with Crippen LogP contribution in [0, 0.1) is 0 Å². The summed E-state index contributed by atoms with van der Waals surface area (Å²) in [6.45, 7) is 41.6. The maximum atomic E-state index is 5.64. The predicted octanol–water partition coefficient (Wildman–Crippen LogP) is 20.5.